The third-order valence-electron chi connectivity index (χ3n) is 1.56. The van der Waals surface area contributed by atoms with Crippen LogP contribution in [0.1, 0.15) is 6.42 Å². The van der Waals surface area contributed by atoms with Crippen molar-refractivity contribution in [3.05, 3.63) is 0 Å². The molecular weight excluding hydrogens is 184 g/mol. The fourth-order valence-electron chi connectivity index (χ4n) is 0.864. The lowest BCUT2D eigenvalue weighted by atomic mass is 10.4. The molecule has 0 fully saturated rings. The first-order chi connectivity index (χ1) is 6.77. The number of carbonyl (C=O) groups is 1. The van der Waals surface area contributed by atoms with Crippen LogP contribution in [0.3, 0.4) is 0 Å². The Hall–Kier alpha value is -0.690. The molecule has 0 radical (unpaired) electrons. The van der Waals surface area contributed by atoms with E-state index in [1.165, 1.54) is 0 Å². The lowest BCUT2D eigenvalue weighted by Gasteiger charge is -2.06. The minimum Gasteiger partial charge on any atom is -0.480 e. The molecule has 84 valence electrons. The lowest BCUT2D eigenvalue weighted by Crippen LogP contribution is -2.36. The van der Waals surface area contributed by atoms with Crippen molar-refractivity contribution in [2.45, 2.75) is 6.42 Å². The quantitative estimate of drug-likeness (QED) is 0.211. The standard InChI is InChI=1S/C8H20N4O2/c9-2-1-3-11-7-12-5-4-10-6-8(13)14/h10-12H,1-7,9H2,(H,13,14). The fourth-order valence-corrected chi connectivity index (χ4v) is 0.864. The molecule has 0 rings (SSSR count). The number of nitrogens with two attached hydrogens (primary N) is 1. The van der Waals surface area contributed by atoms with Crippen LogP contribution in [0, 0.1) is 0 Å². The summed E-state index contributed by atoms with van der Waals surface area (Å²) in [5, 5.41) is 17.3. The van der Waals surface area contributed by atoms with Gasteiger partial charge in [0.1, 0.15) is 0 Å². The molecular formula is C8H20N4O2. The molecule has 0 spiro atoms. The second-order valence-electron chi connectivity index (χ2n) is 2.89. The van der Waals surface area contributed by atoms with Gasteiger partial charge in [0.2, 0.25) is 0 Å². The van der Waals surface area contributed by atoms with E-state index in [0.29, 0.717) is 13.1 Å². The van der Waals surface area contributed by atoms with Gasteiger partial charge in [-0.25, -0.2) is 0 Å². The minimum absolute atomic E-state index is 0.0162. The van der Waals surface area contributed by atoms with Crippen LogP contribution in [0.25, 0.3) is 0 Å². The molecule has 0 aromatic rings. The van der Waals surface area contributed by atoms with E-state index in [4.69, 9.17) is 10.8 Å². The number of nitrogens with one attached hydrogen (secondary N) is 3. The average Bonchev–Trinajstić information content (AvgIpc) is 2.15. The van der Waals surface area contributed by atoms with Gasteiger partial charge in [-0.1, -0.05) is 0 Å². The second-order valence-corrected chi connectivity index (χ2v) is 2.89. The van der Waals surface area contributed by atoms with Crippen molar-refractivity contribution in [2.24, 2.45) is 5.73 Å². The van der Waals surface area contributed by atoms with Gasteiger partial charge >= 0.3 is 5.97 Å². The molecule has 0 atom stereocenters. The molecule has 0 saturated carbocycles. The molecule has 6 N–H and O–H groups in total. The van der Waals surface area contributed by atoms with Crippen molar-refractivity contribution in [1.82, 2.24) is 16.0 Å². The molecule has 14 heavy (non-hydrogen) atoms. The predicted molar refractivity (Wildman–Crippen MR) is 55.0 cm³/mol. The molecule has 6 heteroatoms. The molecule has 0 bridgehead atoms. The van der Waals surface area contributed by atoms with Gasteiger partial charge in [0.15, 0.2) is 0 Å². The van der Waals surface area contributed by atoms with Gasteiger partial charge in [0.25, 0.3) is 0 Å². The Morgan fingerprint density at radius 2 is 1.79 bits per heavy atom. The molecule has 0 heterocycles. The minimum atomic E-state index is -0.828. The summed E-state index contributed by atoms with van der Waals surface area (Å²) in [6.07, 6.45) is 0.971. The molecule has 0 saturated heterocycles. The summed E-state index contributed by atoms with van der Waals surface area (Å²) in [4.78, 5) is 10.1. The summed E-state index contributed by atoms with van der Waals surface area (Å²) in [6, 6.07) is 0. The zero-order valence-corrected chi connectivity index (χ0v) is 8.38. The first-order valence-corrected chi connectivity index (χ1v) is 4.81. The maximum atomic E-state index is 10.1. The zero-order chi connectivity index (χ0) is 10.6. The predicted octanol–water partition coefficient (Wildman–Crippen LogP) is -1.85. The fraction of sp³-hybridized carbons (Fsp3) is 0.875. The highest BCUT2D eigenvalue weighted by Gasteiger charge is 1.93. The largest absolute Gasteiger partial charge is 0.480 e. The van der Waals surface area contributed by atoms with E-state index in [9.17, 15) is 4.79 Å². The molecule has 0 aromatic carbocycles. The van der Waals surface area contributed by atoms with Crippen LogP contribution in [0.2, 0.25) is 0 Å². The summed E-state index contributed by atoms with van der Waals surface area (Å²) in [6.45, 7) is 3.77. The Morgan fingerprint density at radius 1 is 1.14 bits per heavy atom. The van der Waals surface area contributed by atoms with Crippen molar-refractivity contribution in [3.63, 3.8) is 0 Å². The number of rotatable bonds is 10. The molecule has 0 amide bonds. The van der Waals surface area contributed by atoms with Crippen LogP contribution in [0.5, 0.6) is 0 Å². The van der Waals surface area contributed by atoms with E-state index >= 15 is 0 Å². The van der Waals surface area contributed by atoms with Crippen molar-refractivity contribution < 1.29 is 9.90 Å². The molecule has 0 aliphatic rings. The number of aliphatic carboxylic acids is 1. The van der Waals surface area contributed by atoms with E-state index in [2.05, 4.69) is 16.0 Å². The Bertz CT molecular complexity index is 143. The summed E-state index contributed by atoms with van der Waals surface area (Å²) < 4.78 is 0. The van der Waals surface area contributed by atoms with Crippen LogP contribution >= 0.6 is 0 Å². The Labute approximate surface area is 84.2 Å². The average molecular weight is 204 g/mol. The maximum Gasteiger partial charge on any atom is 0.317 e. The van der Waals surface area contributed by atoms with Crippen LogP contribution in [-0.4, -0.2) is 50.5 Å². The van der Waals surface area contributed by atoms with Gasteiger partial charge in [-0.15, -0.1) is 0 Å². The maximum absolute atomic E-state index is 10.1. The van der Waals surface area contributed by atoms with Crippen molar-refractivity contribution in [1.29, 1.82) is 0 Å². The van der Waals surface area contributed by atoms with E-state index < -0.39 is 5.97 Å². The van der Waals surface area contributed by atoms with Gasteiger partial charge in [-0.3, -0.25) is 4.79 Å². The van der Waals surface area contributed by atoms with E-state index in [0.717, 1.165) is 26.2 Å². The van der Waals surface area contributed by atoms with Crippen LogP contribution < -0.4 is 21.7 Å². The molecule has 0 aliphatic heterocycles. The van der Waals surface area contributed by atoms with Crippen molar-refractivity contribution in [3.8, 4) is 0 Å². The lowest BCUT2D eigenvalue weighted by molar-refractivity contribution is -0.135. The SMILES string of the molecule is NCCCNCNCCNCC(=O)O. The summed E-state index contributed by atoms with van der Waals surface area (Å²) in [7, 11) is 0. The van der Waals surface area contributed by atoms with E-state index in [1.807, 2.05) is 0 Å². The molecule has 0 aromatic heterocycles. The van der Waals surface area contributed by atoms with Crippen LogP contribution in [-0.2, 0) is 4.79 Å². The van der Waals surface area contributed by atoms with Crippen molar-refractivity contribution in [2.75, 3.05) is 39.4 Å². The van der Waals surface area contributed by atoms with Gasteiger partial charge in [-0.2, -0.15) is 0 Å². The molecule has 0 aliphatic carbocycles. The smallest absolute Gasteiger partial charge is 0.317 e. The topological polar surface area (TPSA) is 99.4 Å². The Morgan fingerprint density at radius 3 is 2.43 bits per heavy atom. The Balaban J connectivity index is 2.88. The highest BCUT2D eigenvalue weighted by Crippen LogP contribution is 1.67. The third-order valence-corrected chi connectivity index (χ3v) is 1.56. The van der Waals surface area contributed by atoms with Gasteiger partial charge < -0.3 is 26.8 Å². The van der Waals surface area contributed by atoms with Crippen LogP contribution in [0.15, 0.2) is 0 Å². The Kier molecular flexibility index (Phi) is 9.88. The zero-order valence-electron chi connectivity index (χ0n) is 8.38. The number of hydrogen-bond donors (Lipinski definition) is 5. The number of hydrogen-bond acceptors (Lipinski definition) is 5. The van der Waals surface area contributed by atoms with E-state index in [1.54, 1.807) is 0 Å². The van der Waals surface area contributed by atoms with Gasteiger partial charge in [0.05, 0.1) is 6.54 Å². The highest BCUT2D eigenvalue weighted by atomic mass is 16.4. The third kappa shape index (κ3) is 11.3. The normalized spacial score (nSPS) is 10.4. The number of carboxylic acids is 1. The van der Waals surface area contributed by atoms with Gasteiger partial charge in [0, 0.05) is 19.8 Å². The number of carboxylic acid groups (broad SMARTS) is 1. The first-order valence-electron chi connectivity index (χ1n) is 4.81. The monoisotopic (exact) mass is 204 g/mol. The first kappa shape index (κ1) is 13.3. The summed E-state index contributed by atoms with van der Waals surface area (Å²) in [5.74, 6) is -0.828. The molecule has 0 unspecified atom stereocenters. The van der Waals surface area contributed by atoms with Crippen LogP contribution in [0.4, 0.5) is 0 Å². The highest BCUT2D eigenvalue weighted by molar-refractivity contribution is 5.68. The second kappa shape index (κ2) is 10.4. The summed E-state index contributed by atoms with van der Waals surface area (Å²) >= 11 is 0. The molecule has 6 nitrogen and oxygen atoms in total. The summed E-state index contributed by atoms with van der Waals surface area (Å²) in [5.41, 5.74) is 5.31. The van der Waals surface area contributed by atoms with E-state index in [-0.39, 0.29) is 6.54 Å². The van der Waals surface area contributed by atoms with Crippen molar-refractivity contribution >= 4 is 5.97 Å². The van der Waals surface area contributed by atoms with Gasteiger partial charge in [-0.05, 0) is 19.5 Å².